The molecule has 0 atom stereocenters. The largest absolute Gasteiger partial charge is 0.345 e. The van der Waals surface area contributed by atoms with Gasteiger partial charge in [-0.25, -0.2) is 4.98 Å². The highest BCUT2D eigenvalue weighted by atomic mass is 15.0. The highest BCUT2D eigenvalue weighted by Gasteiger charge is 2.07. The van der Waals surface area contributed by atoms with Gasteiger partial charge in [-0.3, -0.25) is 0 Å². The van der Waals surface area contributed by atoms with Crippen molar-refractivity contribution in [2.45, 2.75) is 33.7 Å². The average molecular weight is 181 g/mol. The smallest absolute Gasteiger partial charge is 0.120 e. The lowest BCUT2D eigenvalue weighted by molar-refractivity contribution is 0.633. The lowest BCUT2D eigenvalue weighted by atomic mass is 10.1. The number of hydrogen-bond acceptors (Lipinski definition) is 2. The molecule has 0 amide bonds. The monoisotopic (exact) mass is 181 g/mol. The SMILES string of the molecule is CNCc1nc(CC(C)C)c(C)[nH]1. The molecule has 74 valence electrons. The van der Waals surface area contributed by atoms with E-state index in [1.807, 2.05) is 7.05 Å². The normalized spacial score (nSPS) is 11.2. The van der Waals surface area contributed by atoms with Crippen molar-refractivity contribution in [2.75, 3.05) is 7.05 Å². The topological polar surface area (TPSA) is 40.7 Å². The molecular formula is C10H19N3. The Hall–Kier alpha value is -0.830. The van der Waals surface area contributed by atoms with Crippen LogP contribution in [0.4, 0.5) is 0 Å². The highest BCUT2D eigenvalue weighted by Crippen LogP contribution is 2.10. The molecule has 0 bridgehead atoms. The molecule has 0 unspecified atom stereocenters. The van der Waals surface area contributed by atoms with Gasteiger partial charge in [0.2, 0.25) is 0 Å². The van der Waals surface area contributed by atoms with Gasteiger partial charge in [0.25, 0.3) is 0 Å². The van der Waals surface area contributed by atoms with Gasteiger partial charge in [0.15, 0.2) is 0 Å². The van der Waals surface area contributed by atoms with Crippen molar-refractivity contribution in [1.82, 2.24) is 15.3 Å². The van der Waals surface area contributed by atoms with E-state index in [1.165, 1.54) is 11.4 Å². The Balaban J connectivity index is 2.71. The number of aromatic amines is 1. The molecule has 3 nitrogen and oxygen atoms in total. The maximum atomic E-state index is 4.52. The molecule has 0 aromatic carbocycles. The number of hydrogen-bond donors (Lipinski definition) is 2. The van der Waals surface area contributed by atoms with Crippen molar-refractivity contribution in [3.63, 3.8) is 0 Å². The fraction of sp³-hybridized carbons (Fsp3) is 0.700. The van der Waals surface area contributed by atoms with Crippen molar-refractivity contribution in [1.29, 1.82) is 0 Å². The molecule has 0 aliphatic rings. The third kappa shape index (κ3) is 2.84. The molecule has 0 radical (unpaired) electrons. The first kappa shape index (κ1) is 10.3. The van der Waals surface area contributed by atoms with Crippen molar-refractivity contribution < 1.29 is 0 Å². The number of H-pyrrole nitrogens is 1. The number of aryl methyl sites for hydroxylation is 1. The zero-order valence-corrected chi connectivity index (χ0v) is 8.94. The van der Waals surface area contributed by atoms with Crippen LogP contribution in [0.1, 0.15) is 31.1 Å². The van der Waals surface area contributed by atoms with Gasteiger partial charge in [0, 0.05) is 5.69 Å². The van der Waals surface area contributed by atoms with Gasteiger partial charge in [-0.2, -0.15) is 0 Å². The van der Waals surface area contributed by atoms with Crippen LogP contribution in [0.2, 0.25) is 0 Å². The summed E-state index contributed by atoms with van der Waals surface area (Å²) < 4.78 is 0. The zero-order chi connectivity index (χ0) is 9.84. The maximum absolute atomic E-state index is 4.52. The lowest BCUT2D eigenvalue weighted by Gasteiger charge is -2.00. The molecule has 1 aromatic heterocycles. The fourth-order valence-corrected chi connectivity index (χ4v) is 1.40. The fourth-order valence-electron chi connectivity index (χ4n) is 1.40. The van der Waals surface area contributed by atoms with Crippen molar-refractivity contribution in [3.05, 3.63) is 17.2 Å². The summed E-state index contributed by atoms with van der Waals surface area (Å²) in [5.41, 5.74) is 2.42. The summed E-state index contributed by atoms with van der Waals surface area (Å²) in [4.78, 5) is 7.80. The summed E-state index contributed by atoms with van der Waals surface area (Å²) in [5, 5.41) is 3.08. The second-order valence-corrected chi connectivity index (χ2v) is 3.88. The molecule has 3 heteroatoms. The summed E-state index contributed by atoms with van der Waals surface area (Å²) in [5.74, 6) is 1.71. The Morgan fingerprint density at radius 2 is 2.15 bits per heavy atom. The minimum absolute atomic E-state index is 0.671. The van der Waals surface area contributed by atoms with Gasteiger partial charge >= 0.3 is 0 Å². The number of rotatable bonds is 4. The summed E-state index contributed by atoms with van der Waals surface area (Å²) in [6.45, 7) is 7.33. The second-order valence-electron chi connectivity index (χ2n) is 3.88. The first-order valence-electron chi connectivity index (χ1n) is 4.82. The average Bonchev–Trinajstić information content (AvgIpc) is 2.31. The Bertz CT molecular complexity index is 263. The third-order valence-electron chi connectivity index (χ3n) is 1.98. The van der Waals surface area contributed by atoms with Crippen LogP contribution < -0.4 is 5.32 Å². The molecule has 0 aliphatic carbocycles. The summed E-state index contributed by atoms with van der Waals surface area (Å²) in [7, 11) is 1.93. The molecule has 0 saturated heterocycles. The third-order valence-corrected chi connectivity index (χ3v) is 1.98. The van der Waals surface area contributed by atoms with Gasteiger partial charge in [-0.1, -0.05) is 13.8 Å². The van der Waals surface area contributed by atoms with Crippen molar-refractivity contribution in [2.24, 2.45) is 5.92 Å². The molecule has 0 fully saturated rings. The molecule has 0 saturated carbocycles. The quantitative estimate of drug-likeness (QED) is 0.741. The Morgan fingerprint density at radius 1 is 1.46 bits per heavy atom. The molecule has 1 heterocycles. The maximum Gasteiger partial charge on any atom is 0.120 e. The van der Waals surface area contributed by atoms with Crippen LogP contribution >= 0.6 is 0 Å². The minimum Gasteiger partial charge on any atom is -0.345 e. The Labute approximate surface area is 80.0 Å². The van der Waals surface area contributed by atoms with Gasteiger partial charge in [-0.05, 0) is 26.3 Å². The number of nitrogens with one attached hydrogen (secondary N) is 2. The summed E-state index contributed by atoms with van der Waals surface area (Å²) in [6, 6.07) is 0. The van der Waals surface area contributed by atoms with Crippen LogP contribution in [-0.2, 0) is 13.0 Å². The molecule has 0 aliphatic heterocycles. The van der Waals surface area contributed by atoms with Crippen LogP contribution in [-0.4, -0.2) is 17.0 Å². The molecule has 1 aromatic rings. The molecule has 13 heavy (non-hydrogen) atoms. The van der Waals surface area contributed by atoms with E-state index in [0.717, 1.165) is 18.8 Å². The molecule has 1 rings (SSSR count). The number of imidazole rings is 1. The number of aromatic nitrogens is 2. The van der Waals surface area contributed by atoms with E-state index in [4.69, 9.17) is 0 Å². The first-order chi connectivity index (χ1) is 6.13. The first-order valence-corrected chi connectivity index (χ1v) is 4.82. The van der Waals surface area contributed by atoms with E-state index < -0.39 is 0 Å². The van der Waals surface area contributed by atoms with Gasteiger partial charge in [0.05, 0.1) is 12.2 Å². The van der Waals surface area contributed by atoms with Crippen LogP contribution in [0.15, 0.2) is 0 Å². The Kier molecular flexibility index (Phi) is 3.48. The van der Waals surface area contributed by atoms with Crippen LogP contribution in [0.25, 0.3) is 0 Å². The van der Waals surface area contributed by atoms with E-state index in [0.29, 0.717) is 5.92 Å². The highest BCUT2D eigenvalue weighted by molar-refractivity contribution is 5.13. The van der Waals surface area contributed by atoms with E-state index >= 15 is 0 Å². The predicted molar refractivity (Wildman–Crippen MR) is 54.6 cm³/mol. The van der Waals surface area contributed by atoms with Crippen LogP contribution in [0, 0.1) is 12.8 Å². The van der Waals surface area contributed by atoms with Crippen molar-refractivity contribution in [3.8, 4) is 0 Å². The van der Waals surface area contributed by atoms with E-state index in [2.05, 4.69) is 36.1 Å². The summed E-state index contributed by atoms with van der Waals surface area (Å²) >= 11 is 0. The minimum atomic E-state index is 0.671. The number of nitrogens with zero attached hydrogens (tertiary/aromatic N) is 1. The molecule has 0 spiro atoms. The standard InChI is InChI=1S/C10H19N3/c1-7(2)5-9-8(3)12-10(13-9)6-11-4/h7,11H,5-6H2,1-4H3,(H,12,13). The van der Waals surface area contributed by atoms with Gasteiger partial charge < -0.3 is 10.3 Å². The van der Waals surface area contributed by atoms with E-state index in [1.54, 1.807) is 0 Å². The van der Waals surface area contributed by atoms with Crippen LogP contribution in [0.3, 0.4) is 0 Å². The molecule has 2 N–H and O–H groups in total. The lowest BCUT2D eigenvalue weighted by Crippen LogP contribution is -2.06. The summed E-state index contributed by atoms with van der Waals surface area (Å²) in [6.07, 6.45) is 1.06. The predicted octanol–water partition coefficient (Wildman–Crippen LogP) is 1.64. The van der Waals surface area contributed by atoms with Gasteiger partial charge in [0.1, 0.15) is 5.82 Å². The van der Waals surface area contributed by atoms with Gasteiger partial charge in [-0.15, -0.1) is 0 Å². The van der Waals surface area contributed by atoms with E-state index in [-0.39, 0.29) is 0 Å². The van der Waals surface area contributed by atoms with E-state index in [9.17, 15) is 0 Å². The van der Waals surface area contributed by atoms with Crippen LogP contribution in [0.5, 0.6) is 0 Å². The van der Waals surface area contributed by atoms with Crippen molar-refractivity contribution >= 4 is 0 Å². The second kappa shape index (κ2) is 4.42. The molecular weight excluding hydrogens is 162 g/mol. The Morgan fingerprint density at radius 3 is 2.69 bits per heavy atom. The zero-order valence-electron chi connectivity index (χ0n) is 8.94.